The second-order valence-corrected chi connectivity index (χ2v) is 8.86. The molecule has 0 radical (unpaired) electrons. The SMILES string of the molecule is Cl.Cl.Nc1c2c(nc3ccccc13)CC/C(=C/CC1CCN(Cc3ccccc3)CC1)C2=O. The lowest BCUT2D eigenvalue weighted by Gasteiger charge is -2.31. The smallest absolute Gasteiger partial charge is 0.192 e. The fourth-order valence-corrected chi connectivity index (χ4v) is 4.98. The predicted octanol–water partition coefficient (Wildman–Crippen LogP) is 6.02. The lowest BCUT2D eigenvalue weighted by Crippen LogP contribution is -2.33. The zero-order valence-corrected chi connectivity index (χ0v) is 20.3. The predicted molar refractivity (Wildman–Crippen MR) is 140 cm³/mol. The minimum Gasteiger partial charge on any atom is -0.398 e. The van der Waals surface area contributed by atoms with Gasteiger partial charge >= 0.3 is 0 Å². The van der Waals surface area contributed by atoms with Crippen LogP contribution in [0.2, 0.25) is 0 Å². The number of nitrogens with zero attached hydrogens (tertiary/aromatic N) is 2. The second kappa shape index (κ2) is 11.1. The van der Waals surface area contributed by atoms with E-state index in [1.807, 2.05) is 24.3 Å². The van der Waals surface area contributed by atoms with E-state index in [0.717, 1.165) is 61.1 Å². The highest BCUT2D eigenvalue weighted by atomic mass is 35.5. The molecule has 3 aromatic rings. The number of piperidine rings is 1. The van der Waals surface area contributed by atoms with E-state index in [1.165, 1.54) is 18.4 Å². The number of Topliss-reactive ketones (excluding diaryl/α,β-unsaturated/α-hetero) is 1. The molecular weight excluding hydrogens is 453 g/mol. The van der Waals surface area contributed by atoms with Gasteiger partial charge < -0.3 is 5.73 Å². The van der Waals surface area contributed by atoms with Crippen molar-refractivity contribution in [2.75, 3.05) is 18.8 Å². The normalized spacial score (nSPS) is 17.9. The summed E-state index contributed by atoms with van der Waals surface area (Å²) in [4.78, 5) is 20.5. The van der Waals surface area contributed by atoms with Gasteiger partial charge in [-0.05, 0) is 68.3 Å². The number of allylic oxidation sites excluding steroid dienone is 2. The quantitative estimate of drug-likeness (QED) is 0.460. The van der Waals surface area contributed by atoms with Crippen LogP contribution >= 0.6 is 24.8 Å². The summed E-state index contributed by atoms with van der Waals surface area (Å²) in [5.41, 5.74) is 11.7. The molecule has 5 rings (SSSR count). The number of para-hydroxylation sites is 1. The average molecular weight is 484 g/mol. The maximum Gasteiger partial charge on any atom is 0.192 e. The highest BCUT2D eigenvalue weighted by Gasteiger charge is 2.27. The molecule has 1 fully saturated rings. The number of rotatable bonds is 4. The van der Waals surface area contributed by atoms with Gasteiger partial charge in [0, 0.05) is 11.9 Å². The van der Waals surface area contributed by atoms with Crippen molar-refractivity contribution in [1.82, 2.24) is 9.88 Å². The van der Waals surface area contributed by atoms with E-state index in [4.69, 9.17) is 10.7 Å². The van der Waals surface area contributed by atoms with Crippen LogP contribution in [0.25, 0.3) is 10.9 Å². The van der Waals surface area contributed by atoms with Crippen molar-refractivity contribution in [3.63, 3.8) is 0 Å². The number of carbonyl (C=O) groups is 1. The molecule has 1 saturated heterocycles. The first-order chi connectivity index (χ1) is 15.2. The van der Waals surface area contributed by atoms with Gasteiger partial charge in [-0.1, -0.05) is 54.6 Å². The number of pyridine rings is 1. The number of carbonyl (C=O) groups excluding carboxylic acids is 1. The first-order valence-corrected chi connectivity index (χ1v) is 11.4. The molecule has 2 N–H and O–H groups in total. The van der Waals surface area contributed by atoms with Gasteiger partial charge in [0.15, 0.2) is 5.78 Å². The number of fused-ring (bicyclic) bond motifs is 2. The number of nitrogens with two attached hydrogens (primary N) is 1. The number of likely N-dealkylation sites (tertiary alicyclic amines) is 1. The van der Waals surface area contributed by atoms with Crippen molar-refractivity contribution in [3.8, 4) is 0 Å². The van der Waals surface area contributed by atoms with Crippen molar-refractivity contribution in [1.29, 1.82) is 0 Å². The van der Waals surface area contributed by atoms with Gasteiger partial charge in [0.25, 0.3) is 0 Å². The third kappa shape index (κ3) is 5.40. The molecule has 174 valence electrons. The Bertz CT molecular complexity index is 1140. The van der Waals surface area contributed by atoms with Crippen molar-refractivity contribution in [2.45, 2.75) is 38.6 Å². The molecule has 1 aromatic heterocycles. The molecule has 6 heteroatoms. The van der Waals surface area contributed by atoms with E-state index in [-0.39, 0.29) is 30.6 Å². The molecule has 1 aliphatic carbocycles. The van der Waals surface area contributed by atoms with Crippen LogP contribution in [0.4, 0.5) is 5.69 Å². The summed E-state index contributed by atoms with van der Waals surface area (Å²) in [5, 5.41) is 0.877. The lowest BCUT2D eigenvalue weighted by molar-refractivity contribution is 0.102. The minimum absolute atomic E-state index is 0. The summed E-state index contributed by atoms with van der Waals surface area (Å²) >= 11 is 0. The van der Waals surface area contributed by atoms with Crippen LogP contribution in [-0.4, -0.2) is 28.8 Å². The Morgan fingerprint density at radius 2 is 1.67 bits per heavy atom. The molecule has 1 aliphatic heterocycles. The van der Waals surface area contributed by atoms with Crippen LogP contribution in [0.3, 0.4) is 0 Å². The van der Waals surface area contributed by atoms with E-state index in [1.54, 1.807) is 0 Å². The zero-order chi connectivity index (χ0) is 21.2. The highest BCUT2D eigenvalue weighted by molar-refractivity contribution is 6.16. The first-order valence-electron chi connectivity index (χ1n) is 11.4. The van der Waals surface area contributed by atoms with Gasteiger partial charge in [-0.15, -0.1) is 24.8 Å². The Kier molecular flexibility index (Phi) is 8.52. The molecule has 33 heavy (non-hydrogen) atoms. The molecule has 4 nitrogen and oxygen atoms in total. The molecule has 2 aromatic carbocycles. The van der Waals surface area contributed by atoms with Gasteiger partial charge in [0.1, 0.15) is 0 Å². The maximum absolute atomic E-state index is 13.2. The Labute approximate surface area is 208 Å². The van der Waals surface area contributed by atoms with E-state index >= 15 is 0 Å². The van der Waals surface area contributed by atoms with Crippen LogP contribution in [0, 0.1) is 5.92 Å². The average Bonchev–Trinajstić information content (AvgIpc) is 2.80. The molecule has 2 heterocycles. The number of ketones is 1. The summed E-state index contributed by atoms with van der Waals surface area (Å²) in [6, 6.07) is 18.5. The largest absolute Gasteiger partial charge is 0.398 e. The molecule has 0 spiro atoms. The maximum atomic E-state index is 13.2. The fraction of sp³-hybridized carbons (Fsp3) is 0.333. The van der Waals surface area contributed by atoms with Gasteiger partial charge in [-0.2, -0.15) is 0 Å². The fourth-order valence-electron chi connectivity index (χ4n) is 4.98. The Morgan fingerprint density at radius 3 is 2.42 bits per heavy atom. The van der Waals surface area contributed by atoms with Crippen LogP contribution in [-0.2, 0) is 13.0 Å². The Hall–Kier alpha value is -2.40. The number of aryl methyl sites for hydroxylation is 1. The zero-order valence-electron chi connectivity index (χ0n) is 18.7. The van der Waals surface area contributed by atoms with E-state index in [9.17, 15) is 4.79 Å². The topological polar surface area (TPSA) is 59.2 Å². The summed E-state index contributed by atoms with van der Waals surface area (Å²) < 4.78 is 0. The molecule has 0 saturated carbocycles. The van der Waals surface area contributed by atoms with Gasteiger partial charge in [0.2, 0.25) is 0 Å². The van der Waals surface area contributed by atoms with Crippen molar-refractivity contribution in [3.05, 3.63) is 83.1 Å². The first kappa shape index (κ1) is 25.2. The molecule has 0 bridgehead atoms. The standard InChI is InChI=1S/C27H29N3O.2ClH/c28-26-22-8-4-5-9-23(22)29-24-13-12-21(27(31)25(24)26)11-10-19-14-16-30(17-15-19)18-20-6-2-1-3-7-20;;/h1-9,11,19H,10,12-18H2,(H2,28,29);2*1H/b21-11-;;. The second-order valence-electron chi connectivity index (χ2n) is 8.86. The van der Waals surface area contributed by atoms with E-state index in [2.05, 4.69) is 41.3 Å². The summed E-state index contributed by atoms with van der Waals surface area (Å²) in [5.74, 6) is 0.735. The van der Waals surface area contributed by atoms with Crippen LogP contribution in [0.1, 0.15) is 47.3 Å². The molecular formula is C27H31Cl2N3O. The number of benzene rings is 2. The molecule has 0 unspecified atom stereocenters. The van der Waals surface area contributed by atoms with Crippen LogP contribution < -0.4 is 5.73 Å². The summed E-state index contributed by atoms with van der Waals surface area (Å²) in [7, 11) is 0. The highest BCUT2D eigenvalue weighted by Crippen LogP contribution is 2.34. The van der Waals surface area contributed by atoms with Crippen molar-refractivity contribution in [2.24, 2.45) is 5.92 Å². The molecule has 0 atom stereocenters. The molecule has 0 amide bonds. The monoisotopic (exact) mass is 483 g/mol. The number of hydrogen-bond donors (Lipinski definition) is 1. The van der Waals surface area contributed by atoms with E-state index in [0.29, 0.717) is 17.2 Å². The minimum atomic E-state index is 0. The number of aromatic nitrogens is 1. The number of nitrogen functional groups attached to an aromatic ring is 1. The van der Waals surface area contributed by atoms with Crippen LogP contribution in [0.15, 0.2) is 66.2 Å². The van der Waals surface area contributed by atoms with Crippen molar-refractivity contribution < 1.29 is 4.79 Å². The summed E-state index contributed by atoms with van der Waals surface area (Å²) in [6.07, 6.45) is 7.11. The third-order valence-electron chi connectivity index (χ3n) is 6.81. The third-order valence-corrected chi connectivity index (χ3v) is 6.81. The van der Waals surface area contributed by atoms with Crippen molar-refractivity contribution >= 4 is 47.2 Å². The number of halogens is 2. The number of anilines is 1. The summed E-state index contributed by atoms with van der Waals surface area (Å²) in [6.45, 7) is 3.29. The Morgan fingerprint density at radius 1 is 0.970 bits per heavy atom. The van der Waals surface area contributed by atoms with Crippen LogP contribution in [0.5, 0.6) is 0 Å². The van der Waals surface area contributed by atoms with E-state index < -0.39 is 0 Å². The molecule has 2 aliphatic rings. The Balaban J connectivity index is 0.00000153. The lowest BCUT2D eigenvalue weighted by atomic mass is 9.85. The van der Waals surface area contributed by atoms with Gasteiger partial charge in [-0.25, -0.2) is 0 Å². The van der Waals surface area contributed by atoms with Gasteiger partial charge in [0.05, 0.1) is 22.5 Å². The number of hydrogen-bond acceptors (Lipinski definition) is 4. The van der Waals surface area contributed by atoms with Gasteiger partial charge in [-0.3, -0.25) is 14.7 Å².